The zero-order chi connectivity index (χ0) is 11.8. The van der Waals surface area contributed by atoms with E-state index >= 15 is 0 Å². The van der Waals surface area contributed by atoms with E-state index in [1.54, 1.807) is 0 Å². The Morgan fingerprint density at radius 1 is 1.25 bits per heavy atom. The van der Waals surface area contributed by atoms with E-state index in [0.29, 0.717) is 0 Å². The molecule has 0 saturated carbocycles. The van der Waals surface area contributed by atoms with Crippen LogP contribution in [0.5, 0.6) is 0 Å². The molecule has 0 radical (unpaired) electrons. The second-order valence-electron chi connectivity index (χ2n) is 3.19. The summed E-state index contributed by atoms with van der Waals surface area (Å²) in [6.45, 7) is 0.444. The molecule has 0 spiro atoms. The molecular weight excluding hydrogens is 208 g/mol. The molecule has 86 valence electrons. The summed E-state index contributed by atoms with van der Waals surface area (Å²) < 4.78 is 4.98. The number of urea groups is 1. The van der Waals surface area contributed by atoms with Crippen LogP contribution in [0, 0.1) is 0 Å². The molecule has 0 aliphatic rings. The molecule has 0 aliphatic heterocycles. The average Bonchev–Trinajstić information content (AvgIpc) is 2.27. The molecule has 3 N–H and O–H groups in total. The quantitative estimate of drug-likeness (QED) is 0.722. The summed E-state index contributed by atoms with van der Waals surface area (Å²) in [7, 11) is 0. The number of nitrogens with one attached hydrogen (secondary N) is 1. The third-order valence-electron chi connectivity index (χ3n) is 1.87. The van der Waals surface area contributed by atoms with Crippen LogP contribution in [-0.2, 0) is 16.1 Å². The summed E-state index contributed by atoms with van der Waals surface area (Å²) in [5.41, 5.74) is 5.77. The van der Waals surface area contributed by atoms with Crippen molar-refractivity contribution in [1.82, 2.24) is 5.32 Å². The zero-order valence-electron chi connectivity index (χ0n) is 8.81. The highest BCUT2D eigenvalue weighted by Crippen LogP contribution is 2.01. The van der Waals surface area contributed by atoms with Crippen molar-refractivity contribution in [2.45, 2.75) is 13.0 Å². The molecule has 1 rings (SSSR count). The van der Waals surface area contributed by atoms with Crippen molar-refractivity contribution >= 4 is 12.0 Å². The fraction of sp³-hybridized carbons (Fsp3) is 0.273. The molecular formula is C11H14N2O3. The van der Waals surface area contributed by atoms with E-state index in [2.05, 4.69) is 5.32 Å². The second kappa shape index (κ2) is 6.44. The van der Waals surface area contributed by atoms with Crippen molar-refractivity contribution in [3.8, 4) is 0 Å². The predicted molar refractivity (Wildman–Crippen MR) is 58.4 cm³/mol. The van der Waals surface area contributed by atoms with E-state index in [9.17, 15) is 9.59 Å². The smallest absolute Gasteiger partial charge is 0.312 e. The lowest BCUT2D eigenvalue weighted by Crippen LogP contribution is -2.31. The van der Waals surface area contributed by atoms with Crippen LogP contribution in [0.15, 0.2) is 30.3 Å². The van der Waals surface area contributed by atoms with Crippen molar-refractivity contribution < 1.29 is 14.3 Å². The van der Waals surface area contributed by atoms with Gasteiger partial charge in [0, 0.05) is 6.54 Å². The second-order valence-corrected chi connectivity index (χ2v) is 3.19. The number of carbonyl (C=O) groups is 2. The Hall–Kier alpha value is -2.04. The van der Waals surface area contributed by atoms with Gasteiger partial charge in [0.25, 0.3) is 0 Å². The lowest BCUT2D eigenvalue weighted by Gasteiger charge is -2.04. The number of carbonyl (C=O) groups excluding carboxylic acids is 2. The van der Waals surface area contributed by atoms with Gasteiger partial charge in [-0.2, -0.15) is 0 Å². The van der Waals surface area contributed by atoms with E-state index in [1.165, 1.54) is 0 Å². The van der Waals surface area contributed by atoms with Crippen molar-refractivity contribution in [1.29, 1.82) is 0 Å². The van der Waals surface area contributed by atoms with Crippen molar-refractivity contribution in [2.75, 3.05) is 6.54 Å². The van der Waals surface area contributed by atoms with Gasteiger partial charge in [-0.05, 0) is 5.56 Å². The van der Waals surface area contributed by atoms with Gasteiger partial charge in [0.1, 0.15) is 6.61 Å². The van der Waals surface area contributed by atoms with Gasteiger partial charge in [-0.25, -0.2) is 4.79 Å². The third-order valence-corrected chi connectivity index (χ3v) is 1.87. The fourth-order valence-corrected chi connectivity index (χ4v) is 1.10. The van der Waals surface area contributed by atoms with E-state index < -0.39 is 6.03 Å². The van der Waals surface area contributed by atoms with Gasteiger partial charge < -0.3 is 15.8 Å². The number of hydrogen-bond donors (Lipinski definition) is 2. The average molecular weight is 222 g/mol. The summed E-state index contributed by atoms with van der Waals surface area (Å²) in [5.74, 6) is -0.363. The Morgan fingerprint density at radius 3 is 2.56 bits per heavy atom. The fourth-order valence-electron chi connectivity index (χ4n) is 1.10. The van der Waals surface area contributed by atoms with Crippen LogP contribution >= 0.6 is 0 Å². The maximum absolute atomic E-state index is 11.2. The SMILES string of the molecule is NC(=O)NCCC(=O)OCc1ccccc1. The topological polar surface area (TPSA) is 81.4 Å². The summed E-state index contributed by atoms with van der Waals surface area (Å²) in [6.07, 6.45) is 0.121. The first-order valence-electron chi connectivity index (χ1n) is 4.91. The molecule has 0 saturated heterocycles. The van der Waals surface area contributed by atoms with E-state index in [4.69, 9.17) is 10.5 Å². The molecule has 0 bridgehead atoms. The summed E-state index contributed by atoms with van der Waals surface area (Å²) in [4.78, 5) is 21.5. The van der Waals surface area contributed by atoms with Gasteiger partial charge in [0.05, 0.1) is 6.42 Å². The third kappa shape index (κ3) is 4.99. The van der Waals surface area contributed by atoms with Gasteiger partial charge >= 0.3 is 12.0 Å². The first kappa shape index (κ1) is 12.0. The Kier molecular flexibility index (Phi) is 4.85. The maximum Gasteiger partial charge on any atom is 0.312 e. The summed E-state index contributed by atoms with van der Waals surface area (Å²) in [6, 6.07) is 8.73. The standard InChI is InChI=1S/C11H14N2O3/c12-11(15)13-7-6-10(14)16-8-9-4-2-1-3-5-9/h1-5H,6-8H2,(H3,12,13,15). The van der Waals surface area contributed by atoms with Crippen LogP contribution in [0.4, 0.5) is 4.79 Å². The van der Waals surface area contributed by atoms with E-state index in [-0.39, 0.29) is 25.5 Å². The number of esters is 1. The Bertz CT molecular complexity index is 352. The van der Waals surface area contributed by atoms with Crippen molar-refractivity contribution in [3.05, 3.63) is 35.9 Å². The highest BCUT2D eigenvalue weighted by molar-refractivity contribution is 5.73. The lowest BCUT2D eigenvalue weighted by molar-refractivity contribution is -0.144. The number of primary amides is 1. The molecule has 0 heterocycles. The van der Waals surface area contributed by atoms with Crippen molar-refractivity contribution in [2.24, 2.45) is 5.73 Å². The van der Waals surface area contributed by atoms with E-state index in [1.807, 2.05) is 30.3 Å². The van der Waals surface area contributed by atoms with Gasteiger partial charge in [-0.15, -0.1) is 0 Å². The number of rotatable bonds is 5. The summed E-state index contributed by atoms with van der Waals surface area (Å²) >= 11 is 0. The number of nitrogens with two attached hydrogens (primary N) is 1. The molecule has 0 atom stereocenters. The minimum atomic E-state index is -0.643. The Morgan fingerprint density at radius 2 is 1.94 bits per heavy atom. The van der Waals surface area contributed by atoms with Crippen LogP contribution in [-0.4, -0.2) is 18.5 Å². The minimum Gasteiger partial charge on any atom is -0.461 e. The molecule has 1 aromatic carbocycles. The van der Waals surface area contributed by atoms with Crippen LogP contribution in [0.2, 0.25) is 0 Å². The van der Waals surface area contributed by atoms with Gasteiger partial charge in [0.2, 0.25) is 0 Å². The normalized spacial score (nSPS) is 9.50. The highest BCUT2D eigenvalue weighted by Gasteiger charge is 2.03. The van der Waals surface area contributed by atoms with Crippen LogP contribution in [0.25, 0.3) is 0 Å². The van der Waals surface area contributed by atoms with Crippen LogP contribution in [0.3, 0.4) is 0 Å². The van der Waals surface area contributed by atoms with Gasteiger partial charge in [-0.3, -0.25) is 4.79 Å². The minimum absolute atomic E-state index is 0.121. The largest absolute Gasteiger partial charge is 0.461 e. The van der Waals surface area contributed by atoms with Crippen molar-refractivity contribution in [3.63, 3.8) is 0 Å². The molecule has 0 aliphatic carbocycles. The van der Waals surface area contributed by atoms with E-state index in [0.717, 1.165) is 5.56 Å². The molecule has 5 nitrogen and oxygen atoms in total. The number of benzene rings is 1. The Balaban J connectivity index is 2.18. The lowest BCUT2D eigenvalue weighted by atomic mass is 10.2. The molecule has 1 aromatic rings. The first-order chi connectivity index (χ1) is 7.68. The number of hydrogen-bond acceptors (Lipinski definition) is 3. The predicted octanol–water partition coefficient (Wildman–Crippen LogP) is 0.788. The van der Waals surface area contributed by atoms with Crippen LogP contribution in [0.1, 0.15) is 12.0 Å². The maximum atomic E-state index is 11.2. The van der Waals surface area contributed by atoms with Gasteiger partial charge in [-0.1, -0.05) is 30.3 Å². The molecule has 5 heteroatoms. The zero-order valence-corrected chi connectivity index (χ0v) is 8.81. The molecule has 16 heavy (non-hydrogen) atoms. The van der Waals surface area contributed by atoms with Gasteiger partial charge in [0.15, 0.2) is 0 Å². The van der Waals surface area contributed by atoms with Crippen LogP contribution < -0.4 is 11.1 Å². The highest BCUT2D eigenvalue weighted by atomic mass is 16.5. The first-order valence-corrected chi connectivity index (χ1v) is 4.91. The molecule has 2 amide bonds. The number of amides is 2. The number of ether oxygens (including phenoxy) is 1. The Labute approximate surface area is 93.6 Å². The monoisotopic (exact) mass is 222 g/mol. The molecule has 0 fully saturated rings. The summed E-state index contributed by atoms with van der Waals surface area (Å²) in [5, 5.41) is 2.31. The molecule has 0 aromatic heterocycles. The molecule has 0 unspecified atom stereocenters.